The highest BCUT2D eigenvalue weighted by molar-refractivity contribution is 5.83. The molecule has 4 rings (SSSR count). The first kappa shape index (κ1) is 11.7. The Balaban J connectivity index is 1.48. The number of hydrogen-bond donors (Lipinski definition) is 0. The fraction of sp³-hybridized carbons (Fsp3) is 0.500. The highest BCUT2D eigenvalue weighted by Gasteiger charge is 2.37. The maximum atomic E-state index is 12.3. The van der Waals surface area contributed by atoms with E-state index in [4.69, 9.17) is 0 Å². The van der Waals surface area contributed by atoms with Crippen molar-refractivity contribution in [3.05, 3.63) is 24.7 Å². The van der Waals surface area contributed by atoms with Crippen molar-refractivity contribution >= 4 is 17.2 Å². The van der Waals surface area contributed by atoms with Gasteiger partial charge in [-0.2, -0.15) is 5.10 Å². The number of likely N-dealkylation sites (tertiary alicyclic amines) is 1. The quantitative estimate of drug-likeness (QED) is 0.810. The zero-order valence-electron chi connectivity index (χ0n) is 11.3. The smallest absolute Gasteiger partial charge is 0.229 e. The lowest BCUT2D eigenvalue weighted by Crippen LogP contribution is -2.54. The molecule has 0 aromatic carbocycles. The van der Waals surface area contributed by atoms with Gasteiger partial charge in [0.05, 0.1) is 12.1 Å². The number of hydrogen-bond acceptors (Lipinski definition) is 4. The number of carbonyl (C=O) groups is 1. The Morgan fingerprint density at radius 2 is 2.00 bits per heavy atom. The van der Waals surface area contributed by atoms with Crippen molar-refractivity contribution in [1.29, 1.82) is 0 Å². The number of rotatable bonds is 2. The van der Waals surface area contributed by atoms with Crippen molar-refractivity contribution in [2.75, 3.05) is 31.1 Å². The minimum Gasteiger partial charge on any atom is -0.353 e. The lowest BCUT2D eigenvalue weighted by Gasteiger charge is -2.40. The van der Waals surface area contributed by atoms with Gasteiger partial charge in [-0.1, -0.05) is 0 Å². The van der Waals surface area contributed by atoms with E-state index in [1.54, 1.807) is 12.4 Å². The number of aromatic nitrogens is 3. The summed E-state index contributed by atoms with van der Waals surface area (Å²) in [7, 11) is 0. The molecule has 0 bridgehead atoms. The van der Waals surface area contributed by atoms with Gasteiger partial charge in [0, 0.05) is 38.6 Å². The van der Waals surface area contributed by atoms with Crippen LogP contribution in [0, 0.1) is 5.92 Å². The number of fused-ring (bicyclic) bond motifs is 1. The van der Waals surface area contributed by atoms with E-state index in [1.165, 1.54) is 0 Å². The average molecular weight is 271 g/mol. The highest BCUT2D eigenvalue weighted by Crippen LogP contribution is 2.28. The lowest BCUT2D eigenvalue weighted by molar-refractivity contribution is -0.135. The number of nitrogens with zero attached hydrogens (tertiary/aromatic N) is 5. The van der Waals surface area contributed by atoms with E-state index in [0.717, 1.165) is 50.4 Å². The van der Waals surface area contributed by atoms with E-state index >= 15 is 0 Å². The van der Waals surface area contributed by atoms with Crippen LogP contribution in [0.5, 0.6) is 0 Å². The number of anilines is 1. The molecule has 20 heavy (non-hydrogen) atoms. The topological polar surface area (TPSA) is 53.7 Å². The van der Waals surface area contributed by atoms with E-state index in [-0.39, 0.29) is 5.92 Å². The molecular weight excluding hydrogens is 254 g/mol. The minimum atomic E-state index is 0.137. The second-order valence-electron chi connectivity index (χ2n) is 5.55. The van der Waals surface area contributed by atoms with Crippen LogP contribution < -0.4 is 4.90 Å². The molecule has 0 radical (unpaired) electrons. The summed E-state index contributed by atoms with van der Waals surface area (Å²) >= 11 is 0. The van der Waals surface area contributed by atoms with Crippen molar-refractivity contribution in [2.24, 2.45) is 5.92 Å². The third-order valence-electron chi connectivity index (χ3n) is 4.25. The molecule has 0 aliphatic carbocycles. The van der Waals surface area contributed by atoms with Crippen molar-refractivity contribution in [3.63, 3.8) is 0 Å². The Kier molecular flexibility index (Phi) is 2.61. The molecular formula is C14H17N5O. The van der Waals surface area contributed by atoms with Crippen LogP contribution in [0.2, 0.25) is 0 Å². The molecule has 0 unspecified atom stereocenters. The van der Waals surface area contributed by atoms with Crippen LogP contribution in [-0.4, -0.2) is 51.6 Å². The molecule has 2 aromatic rings. The molecule has 0 spiro atoms. The van der Waals surface area contributed by atoms with E-state index in [1.807, 2.05) is 21.7 Å². The molecule has 2 fully saturated rings. The third kappa shape index (κ3) is 1.75. The van der Waals surface area contributed by atoms with E-state index in [2.05, 4.69) is 15.0 Å². The van der Waals surface area contributed by atoms with Crippen LogP contribution >= 0.6 is 0 Å². The Hall–Kier alpha value is -2.11. The minimum absolute atomic E-state index is 0.137. The predicted molar refractivity (Wildman–Crippen MR) is 74.5 cm³/mol. The molecule has 2 aromatic heterocycles. The molecule has 0 saturated carbocycles. The Bertz CT molecular complexity index is 640. The van der Waals surface area contributed by atoms with Gasteiger partial charge in [0.2, 0.25) is 5.91 Å². The van der Waals surface area contributed by atoms with Crippen molar-refractivity contribution in [3.8, 4) is 0 Å². The molecule has 0 N–H and O–H groups in total. The van der Waals surface area contributed by atoms with Crippen LogP contribution in [0.15, 0.2) is 24.7 Å². The highest BCUT2D eigenvalue weighted by atomic mass is 16.2. The molecule has 0 atom stereocenters. The van der Waals surface area contributed by atoms with Crippen LogP contribution in [0.4, 0.5) is 5.82 Å². The summed E-state index contributed by atoms with van der Waals surface area (Å²) in [5, 5.41) is 4.21. The first-order valence-corrected chi connectivity index (χ1v) is 7.15. The molecule has 2 saturated heterocycles. The Morgan fingerprint density at radius 3 is 2.80 bits per heavy atom. The SMILES string of the molecule is O=C(C1CN(c2nccn3nccc23)C1)N1CCCC1. The summed E-state index contributed by atoms with van der Waals surface area (Å²) in [4.78, 5) is 20.9. The summed E-state index contributed by atoms with van der Waals surface area (Å²) < 4.78 is 1.82. The van der Waals surface area contributed by atoms with E-state index in [9.17, 15) is 4.79 Å². The first-order chi connectivity index (χ1) is 9.83. The molecule has 6 heteroatoms. The summed E-state index contributed by atoms with van der Waals surface area (Å²) in [6.07, 6.45) is 7.67. The van der Waals surface area contributed by atoms with Crippen molar-refractivity contribution in [2.45, 2.75) is 12.8 Å². The molecule has 4 heterocycles. The number of amides is 1. The van der Waals surface area contributed by atoms with Gasteiger partial charge >= 0.3 is 0 Å². The number of carbonyl (C=O) groups excluding carboxylic acids is 1. The van der Waals surface area contributed by atoms with E-state index in [0.29, 0.717) is 5.91 Å². The molecule has 2 aliphatic heterocycles. The van der Waals surface area contributed by atoms with Crippen LogP contribution in [0.25, 0.3) is 5.52 Å². The molecule has 1 amide bonds. The van der Waals surface area contributed by atoms with Gasteiger partial charge in [0.25, 0.3) is 0 Å². The fourth-order valence-electron chi connectivity index (χ4n) is 3.09. The first-order valence-electron chi connectivity index (χ1n) is 7.15. The monoisotopic (exact) mass is 271 g/mol. The zero-order valence-corrected chi connectivity index (χ0v) is 11.3. The zero-order chi connectivity index (χ0) is 13.5. The van der Waals surface area contributed by atoms with Gasteiger partial charge < -0.3 is 9.80 Å². The van der Waals surface area contributed by atoms with Crippen LogP contribution in [-0.2, 0) is 4.79 Å². The van der Waals surface area contributed by atoms with Gasteiger partial charge in [-0.15, -0.1) is 0 Å². The summed E-state index contributed by atoms with van der Waals surface area (Å²) in [5.41, 5.74) is 1.000. The van der Waals surface area contributed by atoms with Gasteiger partial charge in [-0.25, -0.2) is 9.50 Å². The van der Waals surface area contributed by atoms with Gasteiger partial charge in [0.15, 0.2) is 5.82 Å². The van der Waals surface area contributed by atoms with Crippen LogP contribution in [0.3, 0.4) is 0 Å². The van der Waals surface area contributed by atoms with Gasteiger partial charge in [-0.05, 0) is 18.9 Å². The standard InChI is InChI=1S/C14H17N5O/c20-14(17-6-1-2-7-17)11-9-18(10-11)13-12-3-4-16-19(12)8-5-15-13/h3-5,8,11H,1-2,6-7,9-10H2. The summed E-state index contributed by atoms with van der Waals surface area (Å²) in [5.74, 6) is 1.38. The van der Waals surface area contributed by atoms with E-state index < -0.39 is 0 Å². The summed E-state index contributed by atoms with van der Waals surface area (Å²) in [6, 6.07) is 1.96. The van der Waals surface area contributed by atoms with Gasteiger partial charge in [0.1, 0.15) is 5.52 Å². The van der Waals surface area contributed by atoms with Crippen molar-refractivity contribution < 1.29 is 4.79 Å². The second kappa shape index (κ2) is 4.47. The lowest BCUT2D eigenvalue weighted by atomic mass is 9.98. The Morgan fingerprint density at radius 1 is 1.20 bits per heavy atom. The van der Waals surface area contributed by atoms with Crippen LogP contribution in [0.1, 0.15) is 12.8 Å². The predicted octanol–water partition coefficient (Wildman–Crippen LogP) is 0.788. The normalized spacial score (nSPS) is 19.6. The van der Waals surface area contributed by atoms with Crippen molar-refractivity contribution in [1.82, 2.24) is 19.5 Å². The molecule has 2 aliphatic rings. The summed E-state index contributed by atoms with van der Waals surface area (Å²) in [6.45, 7) is 3.41. The Labute approximate surface area is 117 Å². The van der Waals surface area contributed by atoms with Gasteiger partial charge in [-0.3, -0.25) is 4.79 Å². The molecule has 104 valence electrons. The maximum Gasteiger partial charge on any atom is 0.229 e. The molecule has 6 nitrogen and oxygen atoms in total. The fourth-order valence-corrected chi connectivity index (χ4v) is 3.09. The largest absolute Gasteiger partial charge is 0.353 e. The second-order valence-corrected chi connectivity index (χ2v) is 5.55. The maximum absolute atomic E-state index is 12.3. The average Bonchev–Trinajstić information content (AvgIpc) is 3.08. The third-order valence-corrected chi connectivity index (χ3v) is 4.25.